The third kappa shape index (κ3) is 4.97. The van der Waals surface area contributed by atoms with E-state index in [-0.39, 0.29) is 17.9 Å². The van der Waals surface area contributed by atoms with Gasteiger partial charge in [-0.1, -0.05) is 30.3 Å². The number of aliphatic carboxylic acids is 1. The topological polar surface area (TPSA) is 57.6 Å². The molecule has 0 spiro atoms. The molecule has 0 saturated carbocycles. The van der Waals surface area contributed by atoms with Gasteiger partial charge in [0.1, 0.15) is 0 Å². The number of carboxylic acid groups (broad SMARTS) is 1. The molecular weight excluding hydrogens is 323 g/mol. The maximum atomic E-state index is 13.3. The van der Waals surface area contributed by atoms with Crippen molar-refractivity contribution in [3.63, 3.8) is 0 Å². The molecule has 1 atom stereocenters. The van der Waals surface area contributed by atoms with E-state index < -0.39 is 30.4 Å². The maximum Gasteiger partial charge on any atom is 0.396 e. The monoisotopic (exact) mass is 343 g/mol. The van der Waals surface area contributed by atoms with E-state index in [0.717, 1.165) is 0 Å². The maximum absolute atomic E-state index is 13.3. The number of carboxylic acids is 1. The molecule has 1 aliphatic rings. The standard InChI is InChI=1S/C17H20F3NO3/c18-17(19,20)14(13-4-2-1-3-5-13)11-15(22)21-8-6-12(7-9-21)10-16(23)24/h1-5,12,14H,6-11H2,(H,23,24). The minimum Gasteiger partial charge on any atom is -0.481 e. The van der Waals surface area contributed by atoms with E-state index in [0.29, 0.717) is 25.9 Å². The van der Waals surface area contributed by atoms with Crippen LogP contribution in [0.1, 0.15) is 37.2 Å². The van der Waals surface area contributed by atoms with Crippen LogP contribution in [-0.2, 0) is 9.59 Å². The van der Waals surface area contributed by atoms with E-state index in [4.69, 9.17) is 5.11 Å². The largest absolute Gasteiger partial charge is 0.481 e. The van der Waals surface area contributed by atoms with Crippen molar-refractivity contribution < 1.29 is 27.9 Å². The molecule has 1 unspecified atom stereocenters. The van der Waals surface area contributed by atoms with E-state index in [9.17, 15) is 22.8 Å². The Hall–Kier alpha value is -2.05. The Balaban J connectivity index is 1.98. The summed E-state index contributed by atoms with van der Waals surface area (Å²) in [5.41, 5.74) is 0.0825. The number of alkyl halides is 3. The second-order valence-corrected chi connectivity index (χ2v) is 6.13. The minimum absolute atomic E-state index is 0.0147. The van der Waals surface area contributed by atoms with Gasteiger partial charge in [-0.05, 0) is 24.3 Å². The van der Waals surface area contributed by atoms with E-state index >= 15 is 0 Å². The summed E-state index contributed by atoms with van der Waals surface area (Å²) in [7, 11) is 0. The Morgan fingerprint density at radius 3 is 2.25 bits per heavy atom. The Labute approximate surface area is 138 Å². The van der Waals surface area contributed by atoms with Gasteiger partial charge in [-0.25, -0.2) is 0 Å². The van der Waals surface area contributed by atoms with Crippen LogP contribution in [0.4, 0.5) is 13.2 Å². The van der Waals surface area contributed by atoms with Gasteiger partial charge in [-0.3, -0.25) is 9.59 Å². The first-order valence-electron chi connectivity index (χ1n) is 7.88. The fourth-order valence-corrected chi connectivity index (χ4v) is 3.05. The van der Waals surface area contributed by atoms with Crippen LogP contribution < -0.4 is 0 Å². The zero-order valence-corrected chi connectivity index (χ0v) is 13.1. The number of piperidine rings is 1. The SMILES string of the molecule is O=C(O)CC1CCN(C(=O)CC(c2ccccc2)C(F)(F)F)CC1. The van der Waals surface area contributed by atoms with E-state index in [1.54, 1.807) is 6.07 Å². The lowest BCUT2D eigenvalue weighted by atomic mass is 9.91. The van der Waals surface area contributed by atoms with Gasteiger partial charge in [0.15, 0.2) is 0 Å². The molecular formula is C17H20F3NO3. The Bertz CT molecular complexity index is 566. The summed E-state index contributed by atoms with van der Waals surface area (Å²) in [4.78, 5) is 24.4. The number of carbonyl (C=O) groups is 2. The molecule has 0 radical (unpaired) electrons. The van der Waals surface area contributed by atoms with E-state index in [1.807, 2.05) is 0 Å². The number of benzene rings is 1. The van der Waals surface area contributed by atoms with Crippen molar-refractivity contribution in [1.82, 2.24) is 4.90 Å². The molecule has 1 aromatic rings. The van der Waals surface area contributed by atoms with Gasteiger partial charge >= 0.3 is 12.1 Å². The number of halogens is 3. The number of hydrogen-bond donors (Lipinski definition) is 1. The highest BCUT2D eigenvalue weighted by Crippen LogP contribution is 2.38. The lowest BCUT2D eigenvalue weighted by molar-refractivity contribution is -0.161. The van der Waals surface area contributed by atoms with Crippen molar-refractivity contribution >= 4 is 11.9 Å². The van der Waals surface area contributed by atoms with Crippen LogP contribution in [0.15, 0.2) is 30.3 Å². The zero-order valence-electron chi connectivity index (χ0n) is 13.1. The average molecular weight is 343 g/mol. The van der Waals surface area contributed by atoms with Crippen LogP contribution in [0.5, 0.6) is 0 Å². The summed E-state index contributed by atoms with van der Waals surface area (Å²) in [6, 6.07) is 7.44. The van der Waals surface area contributed by atoms with Crippen LogP contribution in [-0.4, -0.2) is 41.1 Å². The third-order valence-electron chi connectivity index (χ3n) is 4.41. The number of amides is 1. The van der Waals surface area contributed by atoms with Crippen LogP contribution in [0.25, 0.3) is 0 Å². The Morgan fingerprint density at radius 1 is 1.17 bits per heavy atom. The molecule has 1 aromatic carbocycles. The third-order valence-corrected chi connectivity index (χ3v) is 4.41. The molecule has 7 heteroatoms. The molecule has 1 saturated heterocycles. The normalized spacial score (nSPS) is 17.5. The zero-order chi connectivity index (χ0) is 17.7. The first kappa shape index (κ1) is 18.3. The first-order valence-corrected chi connectivity index (χ1v) is 7.88. The lowest BCUT2D eigenvalue weighted by Crippen LogP contribution is -2.40. The van der Waals surface area contributed by atoms with Crippen LogP contribution in [0.3, 0.4) is 0 Å². The van der Waals surface area contributed by atoms with Crippen molar-refractivity contribution in [3.05, 3.63) is 35.9 Å². The van der Waals surface area contributed by atoms with Crippen molar-refractivity contribution in [2.45, 2.75) is 37.8 Å². The lowest BCUT2D eigenvalue weighted by Gasteiger charge is -2.32. The smallest absolute Gasteiger partial charge is 0.396 e. The van der Waals surface area contributed by atoms with Crippen molar-refractivity contribution in [2.75, 3.05) is 13.1 Å². The first-order chi connectivity index (χ1) is 11.3. The Kier molecular flexibility index (Phi) is 5.85. The average Bonchev–Trinajstić information content (AvgIpc) is 2.52. The van der Waals surface area contributed by atoms with Gasteiger partial charge < -0.3 is 10.0 Å². The summed E-state index contributed by atoms with van der Waals surface area (Å²) in [6.45, 7) is 0.631. The number of rotatable bonds is 5. The van der Waals surface area contributed by atoms with Gasteiger partial charge in [-0.2, -0.15) is 13.2 Å². The second-order valence-electron chi connectivity index (χ2n) is 6.13. The highest BCUT2D eigenvalue weighted by atomic mass is 19.4. The molecule has 132 valence electrons. The van der Waals surface area contributed by atoms with Crippen molar-refractivity contribution in [3.8, 4) is 0 Å². The van der Waals surface area contributed by atoms with E-state index in [2.05, 4.69) is 0 Å². The molecule has 0 aliphatic carbocycles. The van der Waals surface area contributed by atoms with Gasteiger partial charge in [0.2, 0.25) is 5.91 Å². The summed E-state index contributed by atoms with van der Waals surface area (Å²) in [5.74, 6) is -3.25. The summed E-state index contributed by atoms with van der Waals surface area (Å²) >= 11 is 0. The molecule has 1 N–H and O–H groups in total. The number of carbonyl (C=O) groups excluding carboxylic acids is 1. The predicted octanol–water partition coefficient (Wildman–Crippen LogP) is 3.44. The molecule has 0 bridgehead atoms. The molecule has 24 heavy (non-hydrogen) atoms. The van der Waals surface area contributed by atoms with Crippen LogP contribution in [0.2, 0.25) is 0 Å². The van der Waals surface area contributed by atoms with Gasteiger partial charge in [-0.15, -0.1) is 0 Å². The van der Waals surface area contributed by atoms with Crippen molar-refractivity contribution in [2.24, 2.45) is 5.92 Å². The Morgan fingerprint density at radius 2 is 1.75 bits per heavy atom. The summed E-state index contributed by atoms with van der Waals surface area (Å²) in [6.07, 6.45) is -4.03. The van der Waals surface area contributed by atoms with Crippen LogP contribution >= 0.6 is 0 Å². The fraction of sp³-hybridized carbons (Fsp3) is 0.529. The molecule has 1 heterocycles. The predicted molar refractivity (Wildman–Crippen MR) is 81.4 cm³/mol. The minimum atomic E-state index is -4.49. The van der Waals surface area contributed by atoms with Gasteiger partial charge in [0.25, 0.3) is 0 Å². The van der Waals surface area contributed by atoms with Crippen molar-refractivity contribution in [1.29, 1.82) is 0 Å². The molecule has 0 aromatic heterocycles. The second kappa shape index (κ2) is 7.68. The van der Waals surface area contributed by atoms with Gasteiger partial charge in [0, 0.05) is 25.9 Å². The van der Waals surface area contributed by atoms with Gasteiger partial charge in [0.05, 0.1) is 5.92 Å². The molecule has 4 nitrogen and oxygen atoms in total. The number of nitrogens with zero attached hydrogens (tertiary/aromatic N) is 1. The molecule has 1 amide bonds. The number of likely N-dealkylation sites (tertiary alicyclic amines) is 1. The fourth-order valence-electron chi connectivity index (χ4n) is 3.05. The highest BCUT2D eigenvalue weighted by molar-refractivity contribution is 5.77. The summed E-state index contributed by atoms with van der Waals surface area (Å²) < 4.78 is 39.9. The summed E-state index contributed by atoms with van der Waals surface area (Å²) in [5, 5.41) is 8.77. The molecule has 1 fully saturated rings. The quantitative estimate of drug-likeness (QED) is 0.891. The number of hydrogen-bond acceptors (Lipinski definition) is 2. The van der Waals surface area contributed by atoms with E-state index in [1.165, 1.54) is 29.2 Å². The molecule has 2 rings (SSSR count). The van der Waals surface area contributed by atoms with Crippen LogP contribution in [0, 0.1) is 5.92 Å². The molecule has 1 aliphatic heterocycles. The highest BCUT2D eigenvalue weighted by Gasteiger charge is 2.42.